The Morgan fingerprint density at radius 1 is 0.673 bits per heavy atom. The first-order valence-corrected chi connectivity index (χ1v) is 21.1. The van der Waals surface area contributed by atoms with E-state index in [1.54, 1.807) is 0 Å². The molecule has 0 aromatic rings. The van der Waals surface area contributed by atoms with Crippen LogP contribution >= 0.6 is 0 Å². The summed E-state index contributed by atoms with van der Waals surface area (Å²) in [5.41, 5.74) is -0.824. The van der Waals surface area contributed by atoms with E-state index < -0.39 is 11.1 Å². The zero-order valence-electron chi connectivity index (χ0n) is 33.0. The van der Waals surface area contributed by atoms with Crippen LogP contribution in [-0.2, 0) is 19.2 Å². The summed E-state index contributed by atoms with van der Waals surface area (Å²) in [6.07, 6.45) is 32.8. The molecule has 3 rings (SSSR count). The predicted octanol–water partition coefficient (Wildman–Crippen LogP) is 11.6. The van der Waals surface area contributed by atoms with Gasteiger partial charge in [-0.1, -0.05) is 135 Å². The number of nitrogens with zero attached hydrogens (tertiary/aromatic N) is 3. The molecular formula is C42H77N3O4. The largest absolute Gasteiger partial charge is 0.462 e. The molecule has 0 atom stereocenters. The van der Waals surface area contributed by atoms with Crippen molar-refractivity contribution in [3.8, 4) is 0 Å². The van der Waals surface area contributed by atoms with Crippen molar-refractivity contribution in [2.75, 3.05) is 0 Å². The Morgan fingerprint density at radius 3 is 1.59 bits per heavy atom. The van der Waals surface area contributed by atoms with Gasteiger partial charge < -0.3 is 9.57 Å². The Kier molecular flexibility index (Phi) is 19.0. The Balaban J connectivity index is 1.59. The van der Waals surface area contributed by atoms with Gasteiger partial charge in [0.25, 0.3) is 0 Å². The van der Waals surface area contributed by atoms with Crippen molar-refractivity contribution in [2.45, 2.75) is 251 Å². The summed E-state index contributed by atoms with van der Waals surface area (Å²) in [5.74, 6) is -0.0556. The number of rotatable bonds is 20. The van der Waals surface area contributed by atoms with Crippen molar-refractivity contribution >= 4 is 17.9 Å². The van der Waals surface area contributed by atoms with Crippen LogP contribution in [0.5, 0.6) is 0 Å². The number of ether oxygens (including phenoxy) is 1. The summed E-state index contributed by atoms with van der Waals surface area (Å²) in [4.78, 5) is 40.5. The van der Waals surface area contributed by atoms with Gasteiger partial charge in [0, 0.05) is 32.2 Å². The van der Waals surface area contributed by atoms with Crippen molar-refractivity contribution in [2.24, 2.45) is 4.99 Å². The normalized spacial score (nSPS) is 21.1. The van der Waals surface area contributed by atoms with E-state index in [1.165, 1.54) is 116 Å². The maximum atomic E-state index is 14.3. The molecule has 49 heavy (non-hydrogen) atoms. The Bertz CT molecular complexity index is 949. The van der Waals surface area contributed by atoms with E-state index >= 15 is 0 Å². The average molecular weight is 688 g/mol. The summed E-state index contributed by atoms with van der Waals surface area (Å²) in [6, 6.07) is 0.861. The highest BCUT2D eigenvalue weighted by Gasteiger charge is 2.50. The molecule has 0 aromatic carbocycles. The third kappa shape index (κ3) is 15.3. The zero-order chi connectivity index (χ0) is 35.5. The van der Waals surface area contributed by atoms with E-state index in [-0.39, 0.29) is 30.1 Å². The van der Waals surface area contributed by atoms with Gasteiger partial charge in [-0.3, -0.25) is 14.5 Å². The summed E-state index contributed by atoms with van der Waals surface area (Å²) < 4.78 is 5.72. The molecule has 7 nitrogen and oxygen atoms in total. The molecule has 1 amide bonds. The van der Waals surface area contributed by atoms with Crippen molar-refractivity contribution in [1.29, 1.82) is 0 Å². The monoisotopic (exact) mass is 688 g/mol. The van der Waals surface area contributed by atoms with Crippen LogP contribution < -0.4 is 0 Å². The fourth-order valence-electron chi connectivity index (χ4n) is 8.89. The maximum absolute atomic E-state index is 14.3. The van der Waals surface area contributed by atoms with Crippen molar-refractivity contribution in [3.63, 3.8) is 0 Å². The molecular weight excluding hydrogens is 610 g/mol. The number of esters is 1. The zero-order valence-corrected chi connectivity index (χ0v) is 33.0. The Morgan fingerprint density at radius 2 is 1.12 bits per heavy atom. The first kappa shape index (κ1) is 41.8. The van der Waals surface area contributed by atoms with Crippen molar-refractivity contribution < 1.29 is 19.2 Å². The van der Waals surface area contributed by atoms with Crippen molar-refractivity contribution in [1.82, 2.24) is 9.96 Å². The number of piperidine rings is 1. The lowest BCUT2D eigenvalue weighted by Gasteiger charge is -2.53. The van der Waals surface area contributed by atoms with Gasteiger partial charge in [-0.05, 0) is 59.8 Å². The van der Waals surface area contributed by atoms with Crippen LogP contribution in [0.3, 0.4) is 0 Å². The van der Waals surface area contributed by atoms with Crippen LogP contribution in [-0.4, -0.2) is 57.1 Å². The lowest BCUT2D eigenvalue weighted by atomic mass is 9.80. The predicted molar refractivity (Wildman–Crippen MR) is 203 cm³/mol. The lowest BCUT2D eigenvalue weighted by molar-refractivity contribution is -0.252. The fourth-order valence-corrected chi connectivity index (χ4v) is 8.89. The van der Waals surface area contributed by atoms with E-state index in [1.807, 2.05) is 4.90 Å². The second-order valence-electron chi connectivity index (χ2n) is 17.1. The van der Waals surface area contributed by atoms with Crippen LogP contribution in [0, 0.1) is 0 Å². The molecule has 1 aliphatic heterocycles. The SMILES string of the molecule is CCCCCCCCCCCCCCCCCC(=O)N(/C(=N\C1CCCCC1)ON1C(C)(C)CC(OC(C)=O)CC1(C)C)C1CCCCC1. The lowest BCUT2D eigenvalue weighted by Crippen LogP contribution is -2.64. The minimum Gasteiger partial charge on any atom is -0.462 e. The number of unbranched alkanes of at least 4 members (excludes halogenated alkanes) is 14. The summed E-state index contributed by atoms with van der Waals surface area (Å²) in [6.45, 7) is 12.4. The minimum absolute atomic E-state index is 0.143. The molecule has 284 valence electrons. The van der Waals surface area contributed by atoms with Gasteiger partial charge in [-0.2, -0.15) is 0 Å². The minimum atomic E-state index is -0.412. The summed E-state index contributed by atoms with van der Waals surface area (Å²) >= 11 is 0. The first-order chi connectivity index (χ1) is 23.5. The van der Waals surface area contributed by atoms with E-state index in [0.29, 0.717) is 25.3 Å². The fraction of sp³-hybridized carbons (Fsp3) is 0.929. The number of hydroxylamine groups is 2. The van der Waals surface area contributed by atoms with Gasteiger partial charge in [0.1, 0.15) is 6.10 Å². The van der Waals surface area contributed by atoms with E-state index in [9.17, 15) is 9.59 Å². The first-order valence-electron chi connectivity index (χ1n) is 21.1. The average Bonchev–Trinajstić information content (AvgIpc) is 3.05. The number of aliphatic imine (C=N–C) groups is 1. The molecule has 1 saturated heterocycles. The van der Waals surface area contributed by atoms with Gasteiger partial charge in [0.05, 0.1) is 17.1 Å². The highest BCUT2D eigenvalue weighted by atomic mass is 16.7. The van der Waals surface area contributed by atoms with Gasteiger partial charge in [0.2, 0.25) is 5.91 Å². The molecule has 0 bridgehead atoms. The van der Waals surface area contributed by atoms with Gasteiger partial charge in [0.15, 0.2) is 0 Å². The highest BCUT2D eigenvalue weighted by molar-refractivity contribution is 5.94. The number of hydrogen-bond acceptors (Lipinski definition) is 6. The summed E-state index contributed by atoms with van der Waals surface area (Å²) in [5, 5.41) is 2.08. The summed E-state index contributed by atoms with van der Waals surface area (Å²) in [7, 11) is 0. The molecule has 3 aliphatic rings. The van der Waals surface area contributed by atoms with Crippen LogP contribution in [0.15, 0.2) is 4.99 Å². The third-order valence-corrected chi connectivity index (χ3v) is 11.3. The topological polar surface area (TPSA) is 71.4 Å². The van der Waals surface area contributed by atoms with Crippen LogP contribution in [0.2, 0.25) is 0 Å². The molecule has 0 aromatic heterocycles. The van der Waals surface area contributed by atoms with Gasteiger partial charge in [-0.25, -0.2) is 4.99 Å². The Labute approximate surface area is 302 Å². The second kappa shape index (κ2) is 22.3. The highest BCUT2D eigenvalue weighted by Crippen LogP contribution is 2.41. The van der Waals surface area contributed by atoms with Crippen LogP contribution in [0.25, 0.3) is 0 Å². The van der Waals surface area contributed by atoms with Gasteiger partial charge >= 0.3 is 12.0 Å². The van der Waals surface area contributed by atoms with Crippen molar-refractivity contribution in [3.05, 3.63) is 0 Å². The number of amidine groups is 1. The van der Waals surface area contributed by atoms with Gasteiger partial charge in [-0.15, -0.1) is 5.06 Å². The van der Waals surface area contributed by atoms with E-state index in [0.717, 1.165) is 51.4 Å². The molecule has 2 aliphatic carbocycles. The Hall–Kier alpha value is -1.63. The quantitative estimate of drug-likeness (QED) is 0.0551. The number of carbonyl (C=O) groups is 2. The second-order valence-corrected chi connectivity index (χ2v) is 17.1. The molecule has 3 fully saturated rings. The van der Waals surface area contributed by atoms with E-state index in [2.05, 4.69) is 39.7 Å². The molecule has 0 unspecified atom stereocenters. The van der Waals surface area contributed by atoms with Crippen LogP contribution in [0.1, 0.15) is 221 Å². The number of hydrogen-bond donors (Lipinski definition) is 0. The molecule has 2 saturated carbocycles. The number of carbonyl (C=O) groups excluding carboxylic acids is 2. The van der Waals surface area contributed by atoms with Crippen LogP contribution in [0.4, 0.5) is 0 Å². The standard InChI is InChI=1S/C42H77N3O4/c1-7-8-9-10-11-12-13-14-15-16-17-18-19-20-27-32-39(47)44(37-30-25-22-26-31-37)40(43-36-28-23-21-24-29-36)49-45-41(3,4)33-38(48-35(2)46)34-42(45,5)6/h36-38H,7-34H2,1-6H3/b43-40+. The molecule has 0 N–H and O–H groups in total. The third-order valence-electron chi connectivity index (χ3n) is 11.3. The molecule has 0 radical (unpaired) electrons. The van der Waals surface area contributed by atoms with E-state index in [4.69, 9.17) is 14.6 Å². The maximum Gasteiger partial charge on any atom is 0.315 e. The smallest absolute Gasteiger partial charge is 0.315 e. The number of amides is 1. The molecule has 1 heterocycles. The molecule has 0 spiro atoms. The molecule has 7 heteroatoms.